The van der Waals surface area contributed by atoms with Crippen molar-refractivity contribution >= 4 is 11.3 Å². The van der Waals surface area contributed by atoms with E-state index in [1.165, 1.54) is 0 Å². The maximum absolute atomic E-state index is 10.8. The van der Waals surface area contributed by atoms with Crippen molar-refractivity contribution < 1.29 is 10.2 Å². The van der Waals surface area contributed by atoms with Crippen molar-refractivity contribution in [3.63, 3.8) is 0 Å². The Bertz CT molecular complexity index is 1470. The lowest BCUT2D eigenvalue weighted by atomic mass is 10.2. The summed E-state index contributed by atoms with van der Waals surface area (Å²) in [6.45, 7) is 0. The zero-order chi connectivity index (χ0) is 21.7. The molecule has 2 aromatic carbocycles. The smallest absolute Gasteiger partial charge is 0.224 e. The average molecular weight is 420 g/mol. The maximum Gasteiger partial charge on any atom is 0.224 e. The van der Waals surface area contributed by atoms with E-state index < -0.39 is 0 Å². The van der Waals surface area contributed by atoms with Gasteiger partial charge in [-0.15, -0.1) is 0 Å². The number of rotatable bonds is 3. The largest absolute Gasteiger partial charge is 0.493 e. The molecule has 0 bridgehead atoms. The van der Waals surface area contributed by atoms with Crippen LogP contribution in [0.2, 0.25) is 0 Å². The number of imidazole rings is 2. The second-order valence-corrected chi connectivity index (χ2v) is 7.30. The fraction of sp³-hybridized carbons (Fsp3) is 0. The molecule has 0 saturated carbocycles. The van der Waals surface area contributed by atoms with Crippen LogP contribution in [0.25, 0.3) is 45.2 Å². The van der Waals surface area contributed by atoms with E-state index in [9.17, 15) is 10.2 Å². The minimum absolute atomic E-state index is 0.0211. The highest BCUT2D eigenvalue weighted by Gasteiger charge is 2.17. The van der Waals surface area contributed by atoms with Crippen LogP contribution < -0.4 is 0 Å². The third-order valence-electron chi connectivity index (χ3n) is 5.32. The van der Waals surface area contributed by atoms with E-state index in [1.807, 2.05) is 60.7 Å². The van der Waals surface area contributed by atoms with Gasteiger partial charge in [0.25, 0.3) is 0 Å². The minimum Gasteiger partial charge on any atom is -0.493 e. The molecule has 4 aromatic heterocycles. The van der Waals surface area contributed by atoms with Gasteiger partial charge in [0.1, 0.15) is 22.8 Å². The second-order valence-electron chi connectivity index (χ2n) is 7.30. The molecule has 0 aliphatic carbocycles. The van der Waals surface area contributed by atoms with Gasteiger partial charge in [-0.25, -0.2) is 19.9 Å². The molecule has 0 unspecified atom stereocenters. The van der Waals surface area contributed by atoms with Gasteiger partial charge in [0, 0.05) is 23.5 Å². The highest BCUT2D eigenvalue weighted by molar-refractivity contribution is 5.71. The molecule has 4 heterocycles. The fourth-order valence-corrected chi connectivity index (χ4v) is 3.73. The zero-order valence-corrected chi connectivity index (χ0v) is 16.7. The Labute approximate surface area is 181 Å². The molecule has 32 heavy (non-hydrogen) atoms. The molecular formula is C24H16N6O2. The van der Waals surface area contributed by atoms with Crippen LogP contribution >= 0.6 is 0 Å². The van der Waals surface area contributed by atoms with Gasteiger partial charge in [0.05, 0.1) is 12.4 Å². The topological polar surface area (TPSA) is 101 Å². The van der Waals surface area contributed by atoms with Crippen molar-refractivity contribution in [2.75, 3.05) is 0 Å². The summed E-state index contributed by atoms with van der Waals surface area (Å²) in [5.41, 5.74) is 4.65. The summed E-state index contributed by atoms with van der Waals surface area (Å²) in [5, 5.41) is 21.5. The van der Waals surface area contributed by atoms with E-state index in [0.717, 1.165) is 11.1 Å². The number of hydrogen-bond donors (Lipinski definition) is 2. The summed E-state index contributed by atoms with van der Waals surface area (Å²) in [6, 6.07) is 18.9. The van der Waals surface area contributed by atoms with Gasteiger partial charge in [-0.3, -0.25) is 8.80 Å². The SMILES string of the molecule is Oc1c(-c2ccccc2)nc2cnc(-c3cn4c(O)c(-c5ccccc5)nc4cn3)cn12. The summed E-state index contributed by atoms with van der Waals surface area (Å²) in [5.74, 6) is 0.0422. The molecule has 0 aliphatic heterocycles. The molecule has 0 amide bonds. The van der Waals surface area contributed by atoms with Gasteiger partial charge < -0.3 is 10.2 Å². The van der Waals surface area contributed by atoms with Gasteiger partial charge in [0.15, 0.2) is 11.3 Å². The summed E-state index contributed by atoms with van der Waals surface area (Å²) >= 11 is 0. The van der Waals surface area contributed by atoms with Gasteiger partial charge in [-0.05, 0) is 0 Å². The molecule has 6 aromatic rings. The molecule has 6 rings (SSSR count). The van der Waals surface area contributed by atoms with Crippen molar-refractivity contribution in [2.45, 2.75) is 0 Å². The van der Waals surface area contributed by atoms with Crippen molar-refractivity contribution in [2.24, 2.45) is 0 Å². The molecule has 0 atom stereocenters. The van der Waals surface area contributed by atoms with Gasteiger partial charge in [-0.2, -0.15) is 0 Å². The van der Waals surface area contributed by atoms with Crippen molar-refractivity contribution in [3.8, 4) is 45.7 Å². The van der Waals surface area contributed by atoms with Crippen LogP contribution in [0.15, 0.2) is 85.5 Å². The van der Waals surface area contributed by atoms with E-state index in [-0.39, 0.29) is 11.8 Å². The highest BCUT2D eigenvalue weighted by Crippen LogP contribution is 2.32. The lowest BCUT2D eigenvalue weighted by Crippen LogP contribution is -1.95. The molecule has 0 radical (unpaired) electrons. The van der Waals surface area contributed by atoms with E-state index >= 15 is 0 Å². The molecule has 8 heteroatoms. The van der Waals surface area contributed by atoms with Crippen LogP contribution in [0.3, 0.4) is 0 Å². The molecular weight excluding hydrogens is 404 g/mol. The third-order valence-corrected chi connectivity index (χ3v) is 5.32. The standard InChI is InChI=1S/C24H16N6O2/c31-23-21(15-7-3-1-4-8-15)27-19-11-25-17(13-29(19)23)18-14-30-20(12-26-18)28-22(24(30)32)16-9-5-2-6-10-16/h1-14,31-32H. The molecule has 154 valence electrons. The number of nitrogens with zero attached hydrogens (tertiary/aromatic N) is 6. The van der Waals surface area contributed by atoms with Crippen LogP contribution in [-0.4, -0.2) is 39.0 Å². The second kappa shape index (κ2) is 6.92. The van der Waals surface area contributed by atoms with Gasteiger partial charge in [-0.1, -0.05) is 60.7 Å². The first kappa shape index (κ1) is 18.1. The van der Waals surface area contributed by atoms with Crippen molar-refractivity contribution in [3.05, 3.63) is 85.5 Å². The third kappa shape index (κ3) is 2.78. The van der Waals surface area contributed by atoms with Crippen molar-refractivity contribution in [1.82, 2.24) is 28.7 Å². The predicted molar refractivity (Wildman–Crippen MR) is 119 cm³/mol. The summed E-state index contributed by atoms with van der Waals surface area (Å²) in [4.78, 5) is 17.9. The first-order chi connectivity index (χ1) is 15.7. The molecule has 2 N–H and O–H groups in total. The molecule has 0 aliphatic rings. The lowest BCUT2D eigenvalue weighted by Gasteiger charge is -2.03. The highest BCUT2D eigenvalue weighted by atomic mass is 16.3. The van der Waals surface area contributed by atoms with Crippen LogP contribution in [-0.2, 0) is 0 Å². The van der Waals surface area contributed by atoms with Crippen LogP contribution in [0.5, 0.6) is 11.8 Å². The zero-order valence-electron chi connectivity index (χ0n) is 16.7. The van der Waals surface area contributed by atoms with E-state index in [4.69, 9.17) is 0 Å². The Morgan fingerprint density at radius 1 is 0.562 bits per heavy atom. The van der Waals surface area contributed by atoms with E-state index in [0.29, 0.717) is 34.1 Å². The average Bonchev–Trinajstić information content (AvgIpc) is 3.36. The Morgan fingerprint density at radius 3 is 1.38 bits per heavy atom. The molecule has 0 spiro atoms. The Kier molecular flexibility index (Phi) is 3.91. The Balaban J connectivity index is 1.46. The molecule has 0 saturated heterocycles. The van der Waals surface area contributed by atoms with Gasteiger partial charge in [0.2, 0.25) is 11.8 Å². The number of hydrogen-bond acceptors (Lipinski definition) is 6. The molecule has 8 nitrogen and oxygen atoms in total. The number of fused-ring (bicyclic) bond motifs is 2. The first-order valence-corrected chi connectivity index (χ1v) is 9.94. The summed E-state index contributed by atoms with van der Waals surface area (Å²) in [7, 11) is 0. The molecule has 0 fully saturated rings. The van der Waals surface area contributed by atoms with Crippen LogP contribution in [0.4, 0.5) is 0 Å². The quantitative estimate of drug-likeness (QED) is 0.445. The van der Waals surface area contributed by atoms with E-state index in [1.54, 1.807) is 33.6 Å². The van der Waals surface area contributed by atoms with E-state index in [2.05, 4.69) is 19.9 Å². The minimum atomic E-state index is 0.0211. The number of aromatic nitrogens is 6. The Morgan fingerprint density at radius 2 is 0.969 bits per heavy atom. The Hall–Kier alpha value is -4.72. The van der Waals surface area contributed by atoms with Crippen molar-refractivity contribution in [1.29, 1.82) is 0 Å². The normalized spacial score (nSPS) is 11.4. The monoisotopic (exact) mass is 420 g/mol. The number of benzene rings is 2. The lowest BCUT2D eigenvalue weighted by molar-refractivity contribution is 0.449. The van der Waals surface area contributed by atoms with Gasteiger partial charge >= 0.3 is 0 Å². The fourth-order valence-electron chi connectivity index (χ4n) is 3.73. The maximum atomic E-state index is 10.8. The summed E-state index contributed by atoms with van der Waals surface area (Å²) < 4.78 is 3.14. The predicted octanol–water partition coefficient (Wildman–Crippen LogP) is 4.18. The number of aromatic hydroxyl groups is 2. The summed E-state index contributed by atoms with van der Waals surface area (Å²) in [6.07, 6.45) is 6.50. The van der Waals surface area contributed by atoms with Crippen LogP contribution in [0, 0.1) is 0 Å². The van der Waals surface area contributed by atoms with Crippen LogP contribution in [0.1, 0.15) is 0 Å². The first-order valence-electron chi connectivity index (χ1n) is 9.94.